The number of rotatable bonds is 4. The van der Waals surface area contributed by atoms with Crippen LogP contribution in [-0.2, 0) is 4.79 Å². The van der Waals surface area contributed by atoms with Crippen LogP contribution in [0.2, 0.25) is 5.02 Å². The number of likely N-dealkylation sites (tertiary alicyclic amines) is 1. The molecule has 1 N–H and O–H groups in total. The Hall–Kier alpha value is -2.34. The molecule has 1 aromatic heterocycles. The number of halogens is 1. The van der Waals surface area contributed by atoms with E-state index in [1.54, 1.807) is 27.9 Å². The monoisotopic (exact) mass is 375 g/mol. The highest BCUT2D eigenvalue weighted by Gasteiger charge is 2.38. The number of carbonyl (C=O) groups excluding carboxylic acids is 1. The van der Waals surface area contributed by atoms with Gasteiger partial charge in [-0.15, -0.1) is 0 Å². The minimum atomic E-state index is -0.855. The number of hydrogen-bond acceptors (Lipinski definition) is 3. The molecule has 0 spiro atoms. The van der Waals surface area contributed by atoms with Crippen LogP contribution in [0.1, 0.15) is 42.7 Å². The molecule has 2 aromatic rings. The van der Waals surface area contributed by atoms with Crippen LogP contribution in [0.4, 0.5) is 0 Å². The molecule has 2 heterocycles. The van der Waals surface area contributed by atoms with Crippen LogP contribution in [0.3, 0.4) is 0 Å². The first-order valence-corrected chi connectivity index (χ1v) is 9.03. The molecule has 0 saturated carbocycles. The second kappa shape index (κ2) is 7.11. The Labute approximate surface area is 157 Å². The highest BCUT2D eigenvalue weighted by molar-refractivity contribution is 6.30. The Morgan fingerprint density at radius 2 is 2.04 bits per heavy atom. The summed E-state index contributed by atoms with van der Waals surface area (Å²) in [6.45, 7) is 6.54. The Balaban J connectivity index is 1.96. The standard InChI is InChI=1S/C19H22ClN3O3/c1-11(2)17-15(8-21-23(17)14-6-4-5-13(20)7-14)18(24)22-9-12(3)16(10-22)19(25)26/h4-8,11-12,16H,9-10H2,1-3H3,(H,25,26)/t12-,16-/m1/s1. The SMILES string of the molecule is CC(C)c1c(C(=O)N2C[C@@H](C)[C@H](C(=O)O)C2)cnn1-c1cccc(Cl)c1. The fraction of sp³-hybridized carbons (Fsp3) is 0.421. The summed E-state index contributed by atoms with van der Waals surface area (Å²) < 4.78 is 1.73. The first kappa shape index (κ1) is 18.5. The van der Waals surface area contributed by atoms with Gasteiger partial charge in [-0.25, -0.2) is 4.68 Å². The molecule has 0 aliphatic carbocycles. The van der Waals surface area contributed by atoms with E-state index in [0.717, 1.165) is 11.4 Å². The Bertz CT molecular complexity index is 846. The molecular weight excluding hydrogens is 354 g/mol. The lowest BCUT2D eigenvalue weighted by Crippen LogP contribution is -2.30. The number of amides is 1. The molecule has 1 aromatic carbocycles. The highest BCUT2D eigenvalue weighted by atomic mass is 35.5. The van der Waals surface area contributed by atoms with Gasteiger partial charge in [0, 0.05) is 18.1 Å². The van der Waals surface area contributed by atoms with Crippen molar-refractivity contribution in [3.63, 3.8) is 0 Å². The van der Waals surface area contributed by atoms with Crippen molar-refractivity contribution in [2.45, 2.75) is 26.7 Å². The predicted molar refractivity (Wildman–Crippen MR) is 98.9 cm³/mol. The van der Waals surface area contributed by atoms with E-state index in [2.05, 4.69) is 5.10 Å². The van der Waals surface area contributed by atoms with E-state index >= 15 is 0 Å². The van der Waals surface area contributed by atoms with Gasteiger partial charge in [-0.3, -0.25) is 9.59 Å². The molecule has 1 aliphatic heterocycles. The zero-order valence-electron chi connectivity index (χ0n) is 15.0. The number of carbonyl (C=O) groups is 2. The van der Waals surface area contributed by atoms with Crippen molar-refractivity contribution < 1.29 is 14.7 Å². The van der Waals surface area contributed by atoms with Crippen molar-refractivity contribution in [1.29, 1.82) is 0 Å². The summed E-state index contributed by atoms with van der Waals surface area (Å²) in [4.78, 5) is 26.0. The molecule has 0 unspecified atom stereocenters. The number of hydrogen-bond donors (Lipinski definition) is 1. The second-order valence-electron chi connectivity index (χ2n) is 7.12. The molecule has 0 bridgehead atoms. The Morgan fingerprint density at radius 3 is 2.62 bits per heavy atom. The number of nitrogens with zero attached hydrogens (tertiary/aromatic N) is 3. The van der Waals surface area contributed by atoms with E-state index in [1.807, 2.05) is 32.9 Å². The summed E-state index contributed by atoms with van der Waals surface area (Å²) in [5.41, 5.74) is 2.10. The third kappa shape index (κ3) is 3.33. The molecule has 1 fully saturated rings. The Morgan fingerprint density at radius 1 is 1.31 bits per heavy atom. The average molecular weight is 376 g/mol. The smallest absolute Gasteiger partial charge is 0.308 e. The van der Waals surface area contributed by atoms with Crippen molar-refractivity contribution in [3.05, 3.63) is 46.7 Å². The first-order valence-electron chi connectivity index (χ1n) is 8.65. The van der Waals surface area contributed by atoms with E-state index in [-0.39, 0.29) is 24.3 Å². The molecule has 1 saturated heterocycles. The van der Waals surface area contributed by atoms with Crippen LogP contribution < -0.4 is 0 Å². The summed E-state index contributed by atoms with van der Waals surface area (Å²) in [6, 6.07) is 7.31. The molecule has 0 radical (unpaired) electrons. The second-order valence-corrected chi connectivity index (χ2v) is 7.56. The summed E-state index contributed by atoms with van der Waals surface area (Å²) >= 11 is 6.09. The van der Waals surface area contributed by atoms with Crippen LogP contribution in [0.5, 0.6) is 0 Å². The Kier molecular flexibility index (Phi) is 5.05. The lowest BCUT2D eigenvalue weighted by atomic mass is 9.99. The van der Waals surface area contributed by atoms with Gasteiger partial charge in [0.25, 0.3) is 5.91 Å². The molecule has 2 atom stereocenters. The van der Waals surface area contributed by atoms with Gasteiger partial charge in [0.15, 0.2) is 0 Å². The van der Waals surface area contributed by atoms with Crippen LogP contribution in [-0.4, -0.2) is 44.8 Å². The molecule has 26 heavy (non-hydrogen) atoms. The maximum Gasteiger partial charge on any atom is 0.308 e. The number of benzene rings is 1. The fourth-order valence-corrected chi connectivity index (χ4v) is 3.70. The lowest BCUT2D eigenvalue weighted by Gasteiger charge is -2.18. The molecule has 3 rings (SSSR count). The number of carboxylic acids is 1. The van der Waals surface area contributed by atoms with Crippen LogP contribution in [0, 0.1) is 11.8 Å². The quantitative estimate of drug-likeness (QED) is 0.888. The molecular formula is C19H22ClN3O3. The van der Waals surface area contributed by atoms with Gasteiger partial charge >= 0.3 is 5.97 Å². The fourth-order valence-electron chi connectivity index (χ4n) is 3.52. The van der Waals surface area contributed by atoms with Crippen molar-refractivity contribution in [2.24, 2.45) is 11.8 Å². The van der Waals surface area contributed by atoms with Crippen molar-refractivity contribution >= 4 is 23.5 Å². The van der Waals surface area contributed by atoms with Gasteiger partial charge in [0.05, 0.1) is 29.1 Å². The minimum absolute atomic E-state index is 0.0609. The molecule has 138 valence electrons. The van der Waals surface area contributed by atoms with Crippen LogP contribution in [0.15, 0.2) is 30.5 Å². The molecule has 1 amide bonds. The third-order valence-corrected chi connectivity index (χ3v) is 5.09. The van der Waals surface area contributed by atoms with E-state index in [0.29, 0.717) is 17.1 Å². The van der Waals surface area contributed by atoms with E-state index in [4.69, 9.17) is 11.6 Å². The maximum absolute atomic E-state index is 13.1. The first-order chi connectivity index (χ1) is 12.3. The van der Waals surface area contributed by atoms with Crippen LogP contribution in [0.25, 0.3) is 5.69 Å². The number of carboxylic acid groups (broad SMARTS) is 1. The van der Waals surface area contributed by atoms with Crippen molar-refractivity contribution in [1.82, 2.24) is 14.7 Å². The average Bonchev–Trinajstić information content (AvgIpc) is 3.18. The predicted octanol–water partition coefficient (Wildman–Crippen LogP) is 3.44. The number of aliphatic carboxylic acids is 1. The lowest BCUT2D eigenvalue weighted by molar-refractivity contribution is -0.142. The summed E-state index contributed by atoms with van der Waals surface area (Å²) in [7, 11) is 0. The molecule has 1 aliphatic rings. The molecule has 6 nitrogen and oxygen atoms in total. The summed E-state index contributed by atoms with van der Waals surface area (Å²) in [5.74, 6) is -1.55. The zero-order chi connectivity index (χ0) is 19.0. The van der Waals surface area contributed by atoms with Crippen molar-refractivity contribution in [3.8, 4) is 5.69 Å². The van der Waals surface area contributed by atoms with Gasteiger partial charge in [-0.1, -0.05) is 38.4 Å². The van der Waals surface area contributed by atoms with Gasteiger partial charge in [0.2, 0.25) is 0 Å². The van der Waals surface area contributed by atoms with E-state index in [9.17, 15) is 14.7 Å². The largest absolute Gasteiger partial charge is 0.481 e. The van der Waals surface area contributed by atoms with E-state index < -0.39 is 11.9 Å². The highest BCUT2D eigenvalue weighted by Crippen LogP contribution is 2.29. The van der Waals surface area contributed by atoms with Gasteiger partial charge < -0.3 is 10.0 Å². The van der Waals surface area contributed by atoms with Gasteiger partial charge in [-0.05, 0) is 30.0 Å². The van der Waals surface area contributed by atoms with Gasteiger partial charge in [0.1, 0.15) is 0 Å². The molecule has 7 heteroatoms. The maximum atomic E-state index is 13.1. The number of aromatic nitrogens is 2. The topological polar surface area (TPSA) is 75.4 Å². The summed E-state index contributed by atoms with van der Waals surface area (Å²) in [6.07, 6.45) is 1.57. The van der Waals surface area contributed by atoms with E-state index in [1.165, 1.54) is 0 Å². The third-order valence-electron chi connectivity index (χ3n) is 4.85. The normalized spacial score (nSPS) is 20.0. The van der Waals surface area contributed by atoms with Crippen molar-refractivity contribution in [2.75, 3.05) is 13.1 Å². The van der Waals surface area contributed by atoms with Gasteiger partial charge in [-0.2, -0.15) is 5.10 Å². The minimum Gasteiger partial charge on any atom is -0.481 e. The van der Waals surface area contributed by atoms with Crippen LogP contribution >= 0.6 is 11.6 Å². The zero-order valence-corrected chi connectivity index (χ0v) is 15.8. The summed E-state index contributed by atoms with van der Waals surface area (Å²) in [5, 5.41) is 14.3.